The summed E-state index contributed by atoms with van der Waals surface area (Å²) in [6.45, 7) is 2.29. The lowest BCUT2D eigenvalue weighted by atomic mass is 9.91. The Kier molecular flexibility index (Phi) is 10.0. The maximum atomic E-state index is 12.4. The SMILES string of the molecule is CC(=O)N[C@H]1[C@H]([C@H](O)[C@H](O)CO)OC(C(=O)O)=C[C@@H]1N(CCCC(=O)N1CCOCC1)C(=N)N. The van der Waals surface area contributed by atoms with Crippen LogP contribution in [0.2, 0.25) is 0 Å². The van der Waals surface area contributed by atoms with Crippen LogP contribution in [0.1, 0.15) is 19.8 Å². The molecule has 2 heterocycles. The summed E-state index contributed by atoms with van der Waals surface area (Å²) in [5.41, 5.74) is 5.76. The largest absolute Gasteiger partial charge is 0.478 e. The average molecular weight is 488 g/mol. The standard InChI is InChI=1S/C20H33N5O9/c1-11(27)23-16-12(9-14(19(31)32)34-18(16)17(30)13(28)10-26)25(20(21)22)4-2-3-15(29)24-5-7-33-8-6-24/h9,12-13,16-18,26,28,30H,2-8,10H2,1H3,(H3,21,22)(H,23,27)(H,31,32)/t12-,13+,16+,17+,18+/m0/s1. The van der Waals surface area contributed by atoms with E-state index >= 15 is 0 Å². The normalized spacial score (nSPS) is 24.3. The minimum absolute atomic E-state index is 0.0565. The van der Waals surface area contributed by atoms with Crippen molar-refractivity contribution >= 4 is 23.7 Å². The number of amides is 2. The summed E-state index contributed by atoms with van der Waals surface area (Å²) in [6.07, 6.45) is -3.39. The Labute approximate surface area is 196 Å². The topological polar surface area (TPSA) is 219 Å². The van der Waals surface area contributed by atoms with E-state index in [1.54, 1.807) is 4.90 Å². The third kappa shape index (κ3) is 7.03. The van der Waals surface area contributed by atoms with E-state index in [0.717, 1.165) is 6.08 Å². The lowest BCUT2D eigenvalue weighted by molar-refractivity contribution is -0.147. The minimum Gasteiger partial charge on any atom is -0.478 e. The lowest BCUT2D eigenvalue weighted by Gasteiger charge is -2.44. The summed E-state index contributed by atoms with van der Waals surface area (Å²) in [4.78, 5) is 39.0. The number of nitrogens with one attached hydrogen (secondary N) is 2. The van der Waals surface area contributed by atoms with Gasteiger partial charge in [-0.05, 0) is 12.5 Å². The van der Waals surface area contributed by atoms with Gasteiger partial charge in [0, 0.05) is 33.0 Å². The second-order valence-corrected chi connectivity index (χ2v) is 8.05. The summed E-state index contributed by atoms with van der Waals surface area (Å²) in [6, 6.07) is -2.21. The monoisotopic (exact) mass is 487 g/mol. The van der Waals surface area contributed by atoms with Crippen molar-refractivity contribution in [1.82, 2.24) is 15.1 Å². The van der Waals surface area contributed by atoms with Gasteiger partial charge in [-0.15, -0.1) is 0 Å². The minimum atomic E-state index is -1.77. The molecule has 0 saturated carbocycles. The summed E-state index contributed by atoms with van der Waals surface area (Å²) >= 11 is 0. The first-order valence-corrected chi connectivity index (χ1v) is 10.9. The first kappa shape index (κ1) is 27.3. The van der Waals surface area contributed by atoms with Gasteiger partial charge in [-0.25, -0.2) is 4.79 Å². The van der Waals surface area contributed by atoms with Crippen LogP contribution in [0.3, 0.4) is 0 Å². The summed E-state index contributed by atoms with van der Waals surface area (Å²) in [5.74, 6) is -3.17. The van der Waals surface area contributed by atoms with E-state index in [4.69, 9.17) is 20.6 Å². The number of aliphatic carboxylic acids is 1. The van der Waals surface area contributed by atoms with E-state index in [1.807, 2.05) is 0 Å². The van der Waals surface area contributed by atoms with E-state index in [-0.39, 0.29) is 25.3 Å². The summed E-state index contributed by atoms with van der Waals surface area (Å²) < 4.78 is 10.6. The molecule has 0 unspecified atom stereocenters. The van der Waals surface area contributed by atoms with Crippen molar-refractivity contribution in [3.8, 4) is 0 Å². The highest BCUT2D eigenvalue weighted by Crippen LogP contribution is 2.26. The molecular formula is C20H33N5O9. The smallest absolute Gasteiger partial charge is 0.370 e. The fourth-order valence-electron chi connectivity index (χ4n) is 3.93. The molecule has 5 atom stereocenters. The van der Waals surface area contributed by atoms with E-state index < -0.39 is 60.6 Å². The van der Waals surface area contributed by atoms with Crippen molar-refractivity contribution in [1.29, 1.82) is 5.41 Å². The highest BCUT2D eigenvalue weighted by atomic mass is 16.5. The maximum Gasteiger partial charge on any atom is 0.370 e. The Morgan fingerprint density at radius 2 is 1.97 bits per heavy atom. The molecule has 2 rings (SSSR count). The molecule has 0 radical (unpaired) electrons. The van der Waals surface area contributed by atoms with Crippen molar-refractivity contribution in [2.75, 3.05) is 39.5 Å². The Morgan fingerprint density at radius 3 is 2.50 bits per heavy atom. The number of carbonyl (C=O) groups excluding carboxylic acids is 2. The van der Waals surface area contributed by atoms with Gasteiger partial charge in [-0.2, -0.15) is 0 Å². The van der Waals surface area contributed by atoms with Crippen LogP contribution in [-0.2, 0) is 23.9 Å². The molecular weight excluding hydrogens is 454 g/mol. The molecule has 14 nitrogen and oxygen atoms in total. The molecule has 2 aliphatic rings. The number of nitrogens with zero attached hydrogens (tertiary/aromatic N) is 2. The highest BCUT2D eigenvalue weighted by Gasteiger charge is 2.45. The third-order valence-electron chi connectivity index (χ3n) is 5.63. The van der Waals surface area contributed by atoms with Gasteiger partial charge < -0.3 is 50.8 Å². The fraction of sp³-hybridized carbons (Fsp3) is 0.700. The van der Waals surface area contributed by atoms with E-state index in [1.165, 1.54) is 11.8 Å². The highest BCUT2D eigenvalue weighted by molar-refractivity contribution is 5.85. The zero-order valence-corrected chi connectivity index (χ0v) is 18.9. The van der Waals surface area contributed by atoms with Gasteiger partial charge in [0.25, 0.3) is 0 Å². The first-order valence-electron chi connectivity index (χ1n) is 10.9. The summed E-state index contributed by atoms with van der Waals surface area (Å²) in [7, 11) is 0. The molecule has 2 aliphatic heterocycles. The number of nitrogens with two attached hydrogens (primary N) is 1. The van der Waals surface area contributed by atoms with Crippen LogP contribution in [-0.4, -0.2) is 124 Å². The van der Waals surface area contributed by atoms with Crippen LogP contribution in [0.5, 0.6) is 0 Å². The Hall–Kier alpha value is -2.94. The van der Waals surface area contributed by atoms with Gasteiger partial charge in [-0.3, -0.25) is 15.0 Å². The number of carbonyl (C=O) groups is 3. The van der Waals surface area contributed by atoms with Crippen LogP contribution >= 0.6 is 0 Å². The number of guanidine groups is 1. The zero-order valence-electron chi connectivity index (χ0n) is 18.9. The van der Waals surface area contributed by atoms with Crippen LogP contribution < -0.4 is 11.1 Å². The summed E-state index contributed by atoms with van der Waals surface area (Å²) in [5, 5.41) is 49.7. The Balaban J connectivity index is 2.27. The maximum absolute atomic E-state index is 12.4. The van der Waals surface area contributed by atoms with Gasteiger partial charge >= 0.3 is 5.97 Å². The zero-order chi connectivity index (χ0) is 25.4. The molecule has 14 heteroatoms. The predicted molar refractivity (Wildman–Crippen MR) is 116 cm³/mol. The molecule has 8 N–H and O–H groups in total. The van der Waals surface area contributed by atoms with Crippen molar-refractivity contribution < 1.29 is 44.3 Å². The predicted octanol–water partition coefficient (Wildman–Crippen LogP) is -3.22. The van der Waals surface area contributed by atoms with E-state index in [0.29, 0.717) is 26.3 Å². The molecule has 0 spiro atoms. The van der Waals surface area contributed by atoms with Gasteiger partial charge in [0.05, 0.1) is 31.9 Å². The molecule has 0 bridgehead atoms. The number of rotatable bonds is 10. The van der Waals surface area contributed by atoms with Crippen molar-refractivity contribution in [2.24, 2.45) is 5.73 Å². The average Bonchev–Trinajstić information content (AvgIpc) is 2.80. The Morgan fingerprint density at radius 1 is 1.32 bits per heavy atom. The number of ether oxygens (including phenoxy) is 2. The van der Waals surface area contributed by atoms with Crippen LogP contribution in [0.25, 0.3) is 0 Å². The molecule has 1 fully saturated rings. The van der Waals surface area contributed by atoms with Crippen LogP contribution in [0.4, 0.5) is 0 Å². The van der Waals surface area contributed by atoms with Crippen LogP contribution in [0.15, 0.2) is 11.8 Å². The quantitative estimate of drug-likeness (QED) is 0.120. The fourth-order valence-corrected chi connectivity index (χ4v) is 3.93. The number of hydrogen-bond donors (Lipinski definition) is 7. The van der Waals surface area contributed by atoms with Gasteiger partial charge in [0.1, 0.15) is 18.3 Å². The van der Waals surface area contributed by atoms with Gasteiger partial charge in [-0.1, -0.05) is 0 Å². The molecule has 0 aromatic heterocycles. The van der Waals surface area contributed by atoms with Crippen molar-refractivity contribution in [2.45, 2.75) is 50.2 Å². The first-order chi connectivity index (χ1) is 16.1. The number of hydrogen-bond acceptors (Lipinski definition) is 9. The van der Waals surface area contributed by atoms with Crippen LogP contribution in [0, 0.1) is 5.41 Å². The number of carboxylic acid groups (broad SMARTS) is 1. The molecule has 0 aromatic carbocycles. The van der Waals surface area contributed by atoms with E-state index in [2.05, 4.69) is 5.32 Å². The lowest BCUT2D eigenvalue weighted by Crippen LogP contribution is -2.65. The molecule has 192 valence electrons. The number of morpholine rings is 1. The number of carboxylic acids is 1. The number of aliphatic hydroxyl groups excluding tert-OH is 3. The molecule has 0 aliphatic carbocycles. The molecule has 0 aromatic rings. The van der Waals surface area contributed by atoms with Crippen molar-refractivity contribution in [3.05, 3.63) is 11.8 Å². The molecule has 1 saturated heterocycles. The third-order valence-corrected chi connectivity index (χ3v) is 5.63. The van der Waals surface area contributed by atoms with E-state index in [9.17, 15) is 34.8 Å². The van der Waals surface area contributed by atoms with Crippen molar-refractivity contribution in [3.63, 3.8) is 0 Å². The molecule has 34 heavy (non-hydrogen) atoms. The second kappa shape index (κ2) is 12.5. The number of aliphatic hydroxyl groups is 3. The second-order valence-electron chi connectivity index (χ2n) is 8.05. The molecule has 2 amide bonds. The van der Waals surface area contributed by atoms with Gasteiger partial charge in [0.15, 0.2) is 5.96 Å². The van der Waals surface area contributed by atoms with Gasteiger partial charge in [0.2, 0.25) is 17.6 Å². The Bertz CT molecular complexity index is 786.